The summed E-state index contributed by atoms with van der Waals surface area (Å²) >= 11 is 0. The highest BCUT2D eigenvalue weighted by Gasteiger charge is 2.71. The number of nitrogens with zero attached hydrogens (tertiary/aromatic N) is 1. The van der Waals surface area contributed by atoms with Gasteiger partial charge in [-0.05, 0) is 66.9 Å². The molecule has 0 N–H and O–H groups in total. The van der Waals surface area contributed by atoms with E-state index in [9.17, 15) is 8.78 Å². The Morgan fingerprint density at radius 1 is 1.00 bits per heavy atom. The normalized spacial score (nSPS) is 22.8. The topological polar surface area (TPSA) is 12.5 Å². The molecule has 1 heterocycles. The molecule has 2 fully saturated rings. The van der Waals surface area contributed by atoms with Crippen molar-refractivity contribution in [2.24, 2.45) is 11.3 Å². The molecular formula is C31H49F2NOSi. The third kappa shape index (κ3) is 7.00. The Morgan fingerprint density at radius 2 is 1.58 bits per heavy atom. The second kappa shape index (κ2) is 12.5. The first-order valence-electron chi connectivity index (χ1n) is 14.2. The lowest BCUT2D eigenvalue weighted by Gasteiger charge is -2.38. The van der Waals surface area contributed by atoms with Crippen molar-refractivity contribution in [3.05, 3.63) is 35.9 Å². The van der Waals surface area contributed by atoms with Crippen LogP contribution >= 0.6 is 0 Å². The molecule has 2 aliphatic rings. The van der Waals surface area contributed by atoms with Crippen LogP contribution in [-0.2, 0) is 11.3 Å². The van der Waals surface area contributed by atoms with Gasteiger partial charge in [0.1, 0.15) is 8.07 Å². The summed E-state index contributed by atoms with van der Waals surface area (Å²) in [5.41, 5.74) is 5.92. The van der Waals surface area contributed by atoms with Crippen molar-refractivity contribution >= 4 is 8.07 Å². The third-order valence-electron chi connectivity index (χ3n) is 9.02. The van der Waals surface area contributed by atoms with E-state index in [4.69, 9.17) is 4.74 Å². The molecule has 1 aromatic carbocycles. The van der Waals surface area contributed by atoms with Gasteiger partial charge < -0.3 is 9.64 Å². The zero-order valence-corrected chi connectivity index (χ0v) is 24.6. The van der Waals surface area contributed by atoms with Crippen LogP contribution in [0.15, 0.2) is 30.3 Å². The lowest BCUT2D eigenvalue weighted by Crippen LogP contribution is -2.43. The van der Waals surface area contributed by atoms with Gasteiger partial charge in [-0.3, -0.25) is 0 Å². The lowest BCUT2D eigenvalue weighted by molar-refractivity contribution is -0.0163. The molecular weight excluding hydrogens is 468 g/mol. The summed E-state index contributed by atoms with van der Waals surface area (Å²) < 4.78 is 34.5. The maximum atomic E-state index is 14.4. The van der Waals surface area contributed by atoms with Crippen molar-refractivity contribution in [3.63, 3.8) is 0 Å². The molecule has 1 saturated heterocycles. The molecule has 1 aliphatic carbocycles. The zero-order valence-electron chi connectivity index (χ0n) is 23.6. The average Bonchev–Trinajstić information content (AvgIpc) is 3.36. The van der Waals surface area contributed by atoms with E-state index in [0.29, 0.717) is 35.7 Å². The minimum Gasteiger partial charge on any atom is -0.376 e. The van der Waals surface area contributed by atoms with E-state index in [1.807, 2.05) is 30.3 Å². The summed E-state index contributed by atoms with van der Waals surface area (Å²) in [5, 5.41) is 0. The number of rotatable bonds is 12. The maximum Gasteiger partial charge on any atom is 0.258 e. The van der Waals surface area contributed by atoms with Gasteiger partial charge in [0, 0.05) is 19.4 Å². The van der Waals surface area contributed by atoms with Crippen LogP contribution in [0.25, 0.3) is 0 Å². The van der Waals surface area contributed by atoms with Crippen LogP contribution in [0.3, 0.4) is 0 Å². The fraction of sp³-hybridized carbons (Fsp3) is 0.742. The van der Waals surface area contributed by atoms with Crippen LogP contribution in [0.1, 0.15) is 85.6 Å². The van der Waals surface area contributed by atoms with E-state index in [2.05, 4.69) is 57.9 Å². The summed E-state index contributed by atoms with van der Waals surface area (Å²) in [6, 6.07) is 9.82. The van der Waals surface area contributed by atoms with E-state index in [1.165, 1.54) is 6.42 Å². The van der Waals surface area contributed by atoms with Crippen LogP contribution in [-0.4, -0.2) is 45.1 Å². The molecule has 1 aliphatic heterocycles. The molecule has 1 atom stereocenters. The van der Waals surface area contributed by atoms with Gasteiger partial charge in [-0.15, -0.1) is 11.5 Å². The molecule has 3 rings (SSSR count). The number of alkyl halides is 2. The Hall–Kier alpha value is -1.22. The largest absolute Gasteiger partial charge is 0.376 e. The highest BCUT2D eigenvalue weighted by Crippen LogP contribution is 2.61. The predicted molar refractivity (Wildman–Crippen MR) is 150 cm³/mol. The number of unbranched alkanes of at least 4 members (excludes halogenated alkanes) is 1. The molecule has 0 aromatic heterocycles. The number of benzene rings is 1. The molecule has 36 heavy (non-hydrogen) atoms. The smallest absolute Gasteiger partial charge is 0.258 e. The number of ether oxygens (including phenoxy) is 1. The van der Waals surface area contributed by atoms with E-state index >= 15 is 0 Å². The monoisotopic (exact) mass is 517 g/mol. The number of hydrogen-bond donors (Lipinski definition) is 0. The van der Waals surface area contributed by atoms with E-state index in [1.54, 1.807) is 0 Å². The summed E-state index contributed by atoms with van der Waals surface area (Å²) in [4.78, 5) is 2.26. The summed E-state index contributed by atoms with van der Waals surface area (Å²) in [6.07, 6.45) is 5.55. The quantitative estimate of drug-likeness (QED) is 0.157. The van der Waals surface area contributed by atoms with Crippen LogP contribution in [0.5, 0.6) is 0 Å². The Balaban J connectivity index is 1.40. The first-order chi connectivity index (χ1) is 17.0. The molecule has 5 heteroatoms. The summed E-state index contributed by atoms with van der Waals surface area (Å²) in [5.74, 6) is 1.71. The SMILES string of the molecule is CC(C)[Si](C#CCCCC1CCN(C[C@@]2(COCc3ccccc3)CC2(F)F)CC1)(C(C)C)C(C)C. The maximum absolute atomic E-state index is 14.4. The highest BCUT2D eigenvalue weighted by molar-refractivity contribution is 6.90. The minimum absolute atomic E-state index is 0.0404. The first-order valence-corrected chi connectivity index (χ1v) is 16.5. The van der Waals surface area contributed by atoms with Gasteiger partial charge >= 0.3 is 0 Å². The van der Waals surface area contributed by atoms with Gasteiger partial charge in [0.05, 0.1) is 18.6 Å². The van der Waals surface area contributed by atoms with E-state index < -0.39 is 19.4 Å². The van der Waals surface area contributed by atoms with Gasteiger partial charge in [0.25, 0.3) is 5.92 Å². The molecule has 0 unspecified atom stereocenters. The summed E-state index contributed by atoms with van der Waals surface area (Å²) in [6.45, 7) is 17.1. The van der Waals surface area contributed by atoms with Crippen molar-refractivity contribution < 1.29 is 13.5 Å². The average molecular weight is 518 g/mol. The van der Waals surface area contributed by atoms with Crippen LogP contribution < -0.4 is 0 Å². The van der Waals surface area contributed by atoms with Crippen LogP contribution in [0.2, 0.25) is 16.6 Å². The molecule has 0 amide bonds. The molecule has 202 valence electrons. The Labute approximate surface area is 220 Å². The second-order valence-corrected chi connectivity index (χ2v) is 18.0. The Morgan fingerprint density at radius 3 is 2.11 bits per heavy atom. The van der Waals surface area contributed by atoms with Crippen molar-refractivity contribution in [2.75, 3.05) is 26.2 Å². The second-order valence-electron chi connectivity index (χ2n) is 12.5. The Bertz CT molecular complexity index is 846. The van der Waals surface area contributed by atoms with Gasteiger partial charge in [-0.25, -0.2) is 8.78 Å². The molecule has 2 nitrogen and oxygen atoms in total. The lowest BCUT2D eigenvalue weighted by atomic mass is 9.91. The van der Waals surface area contributed by atoms with Crippen molar-refractivity contribution in [2.45, 2.75) is 109 Å². The summed E-state index contributed by atoms with van der Waals surface area (Å²) in [7, 11) is -1.62. The molecule has 1 saturated carbocycles. The minimum atomic E-state index is -2.60. The van der Waals surface area contributed by atoms with E-state index in [0.717, 1.165) is 44.3 Å². The third-order valence-corrected chi connectivity index (χ3v) is 15.4. The van der Waals surface area contributed by atoms with Crippen molar-refractivity contribution in [1.82, 2.24) is 4.90 Å². The molecule has 0 bridgehead atoms. The van der Waals surface area contributed by atoms with Gasteiger partial charge in [0.15, 0.2) is 0 Å². The number of likely N-dealkylation sites (tertiary alicyclic amines) is 1. The predicted octanol–water partition coefficient (Wildman–Crippen LogP) is 8.33. The van der Waals surface area contributed by atoms with Gasteiger partial charge in [-0.1, -0.05) is 71.9 Å². The van der Waals surface area contributed by atoms with Crippen molar-refractivity contribution in [3.8, 4) is 11.5 Å². The van der Waals surface area contributed by atoms with Crippen LogP contribution in [0, 0.1) is 22.8 Å². The molecule has 0 radical (unpaired) electrons. The number of piperidine rings is 1. The van der Waals surface area contributed by atoms with E-state index in [-0.39, 0.29) is 13.0 Å². The Kier molecular flexibility index (Phi) is 10.2. The number of hydrogen-bond acceptors (Lipinski definition) is 2. The molecule has 1 aromatic rings. The van der Waals surface area contributed by atoms with Crippen LogP contribution in [0.4, 0.5) is 8.78 Å². The fourth-order valence-electron chi connectivity index (χ4n) is 6.68. The zero-order chi connectivity index (χ0) is 26.4. The highest BCUT2D eigenvalue weighted by atomic mass is 28.3. The standard InChI is InChI=1S/C31H49F2NOSi/c1-25(2)36(26(3)4,27(5)6)20-12-8-11-13-28-16-18-34(19-17-28)23-30(22-31(30,32)33)24-35-21-29-14-9-7-10-15-29/h7,9-10,14-15,25-28H,8,11,13,16-19,21-24H2,1-6H3/t30-/m1/s1. The van der Waals surface area contributed by atoms with Gasteiger partial charge in [0.2, 0.25) is 0 Å². The fourth-order valence-corrected chi connectivity index (χ4v) is 12.0. The first kappa shape index (κ1) is 29.3. The van der Waals surface area contributed by atoms with Gasteiger partial charge in [-0.2, -0.15) is 0 Å². The number of halogens is 2. The molecule has 0 spiro atoms. The van der Waals surface area contributed by atoms with Crippen molar-refractivity contribution in [1.29, 1.82) is 0 Å².